The molecule has 1 saturated heterocycles. The van der Waals surface area contributed by atoms with Crippen LogP contribution >= 0.6 is 0 Å². The zero-order chi connectivity index (χ0) is 49.5. The molecule has 3 rings (SSSR count). The normalized spacial score (nSPS) is 24.6. The Balaban J connectivity index is 1.44. The van der Waals surface area contributed by atoms with E-state index in [1.54, 1.807) is 0 Å². The van der Waals surface area contributed by atoms with Gasteiger partial charge in [0.15, 0.2) is 5.94 Å². The summed E-state index contributed by atoms with van der Waals surface area (Å²) in [5, 5.41) is 0. The van der Waals surface area contributed by atoms with Gasteiger partial charge in [0, 0.05) is 24.9 Å². The highest BCUT2D eigenvalue weighted by Gasteiger charge is 2.32. The van der Waals surface area contributed by atoms with Gasteiger partial charge in [-0.05, 0) is 196 Å². The molecule has 2 aliphatic carbocycles. The van der Waals surface area contributed by atoms with E-state index in [1.165, 1.54) is 92.1 Å². The van der Waals surface area contributed by atoms with Gasteiger partial charge in [0.2, 0.25) is 0 Å². The second-order valence-electron chi connectivity index (χ2n) is 22.7. The molecule has 1 aliphatic heterocycles. The molecule has 1 heterocycles. The van der Waals surface area contributed by atoms with E-state index in [1.807, 2.05) is 6.08 Å². The fourth-order valence-electron chi connectivity index (χ4n) is 12.2. The second-order valence-corrected chi connectivity index (χ2v) is 22.7. The van der Waals surface area contributed by atoms with Crippen molar-refractivity contribution in [1.82, 2.24) is 4.90 Å². The molecule has 3 fully saturated rings. The maximum Gasteiger partial charge on any atom is 0.150 e. The van der Waals surface area contributed by atoms with Crippen LogP contribution in [-0.4, -0.2) is 29.2 Å². The number of rotatable bonds is 30. The molecule has 3 aliphatic rings. The summed E-state index contributed by atoms with van der Waals surface area (Å²) in [4.78, 5) is 28.2. The van der Waals surface area contributed by atoms with Crippen LogP contribution in [0, 0.1) is 59.2 Å². The lowest BCUT2D eigenvalue weighted by Crippen LogP contribution is -2.38. The minimum Gasteiger partial charge on any atom is -0.360 e. The van der Waals surface area contributed by atoms with E-state index in [4.69, 9.17) is 0 Å². The van der Waals surface area contributed by atoms with Gasteiger partial charge in [-0.15, -0.1) is 13.2 Å². The molecule has 9 atom stereocenters. The van der Waals surface area contributed by atoms with Crippen LogP contribution in [0.5, 0.6) is 0 Å². The van der Waals surface area contributed by atoms with Gasteiger partial charge in [0.25, 0.3) is 0 Å². The molecule has 0 aromatic rings. The number of hydrogen-bond acceptors (Lipinski definition) is 3. The third kappa shape index (κ3) is 20.6. The second kappa shape index (κ2) is 30.9. The van der Waals surface area contributed by atoms with Crippen molar-refractivity contribution >= 4 is 11.7 Å². The largest absolute Gasteiger partial charge is 0.360 e. The summed E-state index contributed by atoms with van der Waals surface area (Å²) in [6, 6.07) is 0.398. The van der Waals surface area contributed by atoms with E-state index in [0.29, 0.717) is 59.7 Å². The van der Waals surface area contributed by atoms with Crippen LogP contribution in [0.15, 0.2) is 115 Å². The third-order valence-corrected chi connectivity index (χ3v) is 16.7. The van der Waals surface area contributed by atoms with Gasteiger partial charge in [-0.2, -0.15) is 0 Å². The standard InChI is InChI=1S/C64H101NO2/c1-15-24-61(52(11)41-57-34-32-56(33-35-57)39-48(7)31-30-46(4)5)44-64(67)53(12)38-49(8)40-59(16-2)51(10)37-47(6)25-19-18-20-26-50(9)60(17-3)42-58-28-23-29-62(43-58)55(14)63(45-66)65-36-22-21-27-54(65)13/h15,18-20,25-26,38,47,52-54,56-62H,1,4,7,10,14,16-17,21-24,27-37,39-44H2,2-3,5-6,8-9,11-13H3/b20-18+,25-19+,49-38+,50-26+/t47?,52?,53?,54-,56?,57?,58?,59?,60?,61?,62?/m1/s1. The predicted molar refractivity (Wildman–Crippen MR) is 293 cm³/mol. The molecular weight excluding hydrogens is 815 g/mol. The topological polar surface area (TPSA) is 37.4 Å². The highest BCUT2D eigenvalue weighted by atomic mass is 16.1. The lowest BCUT2D eigenvalue weighted by Gasteiger charge is -2.39. The smallest absolute Gasteiger partial charge is 0.150 e. The molecule has 0 aromatic heterocycles. The Morgan fingerprint density at radius 3 is 2.12 bits per heavy atom. The Hall–Kier alpha value is -3.42. The first-order valence-electron chi connectivity index (χ1n) is 27.5. The monoisotopic (exact) mass is 916 g/mol. The summed E-state index contributed by atoms with van der Waals surface area (Å²) in [5.41, 5.74) is 8.52. The van der Waals surface area contributed by atoms with Crippen LogP contribution in [0.1, 0.15) is 204 Å². The van der Waals surface area contributed by atoms with Crippen molar-refractivity contribution in [2.75, 3.05) is 6.54 Å². The first kappa shape index (κ1) is 57.9. The van der Waals surface area contributed by atoms with Gasteiger partial charge >= 0.3 is 0 Å². The Kier molecular flexibility index (Phi) is 26.7. The highest BCUT2D eigenvalue weighted by molar-refractivity contribution is 5.82. The molecule has 8 unspecified atom stereocenters. The molecule has 0 bridgehead atoms. The molecule has 0 aromatic carbocycles. The number of allylic oxidation sites excluding steroid dienone is 13. The van der Waals surface area contributed by atoms with Crippen molar-refractivity contribution in [3.05, 3.63) is 115 Å². The first-order valence-corrected chi connectivity index (χ1v) is 27.5. The Labute approximate surface area is 414 Å². The van der Waals surface area contributed by atoms with Gasteiger partial charge in [-0.25, -0.2) is 4.79 Å². The van der Waals surface area contributed by atoms with Crippen LogP contribution in [0.4, 0.5) is 0 Å². The van der Waals surface area contributed by atoms with Crippen LogP contribution in [0.25, 0.3) is 0 Å². The maximum absolute atomic E-state index is 13.7. The molecule has 67 heavy (non-hydrogen) atoms. The lowest BCUT2D eigenvalue weighted by molar-refractivity contribution is -0.122. The number of likely N-dealkylation sites (tertiary alicyclic amines) is 1. The summed E-state index contributed by atoms with van der Waals surface area (Å²) in [5.74, 6) is 7.52. The summed E-state index contributed by atoms with van der Waals surface area (Å²) < 4.78 is 0. The Bertz CT molecular complexity index is 1770. The van der Waals surface area contributed by atoms with E-state index >= 15 is 0 Å². The van der Waals surface area contributed by atoms with Gasteiger partial charge in [0.1, 0.15) is 11.5 Å². The highest BCUT2D eigenvalue weighted by Crippen LogP contribution is 2.42. The number of nitrogens with zero attached hydrogens (tertiary/aromatic N) is 1. The van der Waals surface area contributed by atoms with E-state index < -0.39 is 0 Å². The molecular formula is C64H101NO2. The van der Waals surface area contributed by atoms with Gasteiger partial charge in [-0.1, -0.05) is 150 Å². The van der Waals surface area contributed by atoms with E-state index in [2.05, 4.69) is 143 Å². The van der Waals surface area contributed by atoms with Gasteiger partial charge in [-0.3, -0.25) is 4.79 Å². The fraction of sp³-hybridized carbons (Fsp3) is 0.672. The van der Waals surface area contributed by atoms with Crippen molar-refractivity contribution in [3.8, 4) is 0 Å². The van der Waals surface area contributed by atoms with Crippen molar-refractivity contribution in [3.63, 3.8) is 0 Å². The summed E-state index contributed by atoms with van der Waals surface area (Å²) in [7, 11) is 0. The number of carbonyl (C=O) groups excluding carboxylic acids is 2. The van der Waals surface area contributed by atoms with Crippen molar-refractivity contribution < 1.29 is 9.59 Å². The zero-order valence-corrected chi connectivity index (χ0v) is 45.0. The molecule has 0 spiro atoms. The predicted octanol–water partition coefficient (Wildman–Crippen LogP) is 18.3. The SMILES string of the molecule is C=CCC(CC(=O)C(C)/C=C(\C)CC(CC)C(=C)CC(C)/C=C/C=C/C=C(\C)C(CC)CC1CCCC(C(=C)C(=C=O)N2CCCC[C@H]2C)C1)C(C)CC1CCC(CC(=C)CCC(=C)C)CC1. The number of ketones is 1. The summed E-state index contributed by atoms with van der Waals surface area (Å²) in [6.07, 6.45) is 40.5. The molecule has 2 saturated carbocycles. The first-order chi connectivity index (χ1) is 32.0. The van der Waals surface area contributed by atoms with Crippen LogP contribution in [0.2, 0.25) is 0 Å². The van der Waals surface area contributed by atoms with E-state index in [-0.39, 0.29) is 5.92 Å². The van der Waals surface area contributed by atoms with E-state index in [0.717, 1.165) is 100 Å². The van der Waals surface area contributed by atoms with Crippen LogP contribution in [0.3, 0.4) is 0 Å². The van der Waals surface area contributed by atoms with Gasteiger partial charge in [0.05, 0.1) is 0 Å². The molecule has 0 amide bonds. The summed E-state index contributed by atoms with van der Waals surface area (Å²) >= 11 is 0. The quantitative estimate of drug-likeness (QED) is 0.0409. The average molecular weight is 917 g/mol. The summed E-state index contributed by atoms with van der Waals surface area (Å²) in [6.45, 7) is 42.8. The van der Waals surface area contributed by atoms with Crippen LogP contribution < -0.4 is 0 Å². The Morgan fingerprint density at radius 1 is 0.776 bits per heavy atom. The number of carbonyl (C=O) groups is 1. The van der Waals surface area contributed by atoms with Crippen LogP contribution in [-0.2, 0) is 9.59 Å². The van der Waals surface area contributed by atoms with Crippen molar-refractivity contribution in [1.29, 1.82) is 0 Å². The van der Waals surface area contributed by atoms with Crippen molar-refractivity contribution in [2.45, 2.75) is 210 Å². The Morgan fingerprint density at radius 2 is 1.48 bits per heavy atom. The third-order valence-electron chi connectivity index (χ3n) is 16.7. The number of hydrogen-bond donors (Lipinski definition) is 0. The molecule has 0 radical (unpaired) electrons. The molecule has 0 N–H and O–H groups in total. The minimum atomic E-state index is -0.0727. The van der Waals surface area contributed by atoms with E-state index in [9.17, 15) is 9.59 Å². The molecule has 3 nitrogen and oxygen atoms in total. The van der Waals surface area contributed by atoms with Gasteiger partial charge < -0.3 is 4.90 Å². The molecule has 3 heteroatoms. The van der Waals surface area contributed by atoms with Crippen molar-refractivity contribution in [2.24, 2.45) is 59.2 Å². The number of Topliss-reactive ketones (excluding diaryl/α,β-unsaturated/α-hetero) is 1. The zero-order valence-electron chi connectivity index (χ0n) is 45.0. The fourth-order valence-corrected chi connectivity index (χ4v) is 12.2. The number of piperidine rings is 1. The average Bonchev–Trinajstić information content (AvgIpc) is 3.30. The molecule has 374 valence electrons. The maximum atomic E-state index is 13.7. The lowest BCUT2D eigenvalue weighted by atomic mass is 9.73. The minimum absolute atomic E-state index is 0.0727.